The highest BCUT2D eigenvalue weighted by Crippen LogP contribution is 2.46. The zero-order chi connectivity index (χ0) is 29.1. The van der Waals surface area contributed by atoms with Crippen LogP contribution in [-0.4, -0.2) is 76.1 Å². The molecule has 11 nitrogen and oxygen atoms in total. The highest BCUT2D eigenvalue weighted by atomic mass is 16.5. The number of benzene rings is 1. The van der Waals surface area contributed by atoms with Crippen LogP contribution in [0.4, 0.5) is 15.3 Å². The van der Waals surface area contributed by atoms with Crippen LogP contribution < -0.4 is 15.5 Å². The number of likely N-dealkylation sites (N-methyl/N-ethyl adjacent to an activating group) is 1. The van der Waals surface area contributed by atoms with Crippen LogP contribution in [0.25, 0.3) is 38.6 Å². The van der Waals surface area contributed by atoms with Crippen LogP contribution in [0.2, 0.25) is 0 Å². The van der Waals surface area contributed by atoms with E-state index in [0.29, 0.717) is 19.4 Å². The molecule has 0 spiro atoms. The van der Waals surface area contributed by atoms with Crippen molar-refractivity contribution in [2.75, 3.05) is 32.1 Å². The number of methoxy groups -OCH3 is 1. The maximum absolute atomic E-state index is 13.5. The summed E-state index contributed by atoms with van der Waals surface area (Å²) in [5.41, 5.74) is 8.16. The molecule has 1 aromatic carbocycles. The smallest absolute Gasteiger partial charge is 0.407 e. The maximum atomic E-state index is 13.5. The van der Waals surface area contributed by atoms with Gasteiger partial charge in [0, 0.05) is 60.5 Å². The predicted octanol–water partition coefficient (Wildman–Crippen LogP) is 4.80. The largest absolute Gasteiger partial charge is 0.453 e. The Balaban J connectivity index is 1.41. The molecule has 0 bridgehead atoms. The number of pyridine rings is 1. The number of rotatable bonds is 5. The van der Waals surface area contributed by atoms with Crippen molar-refractivity contribution < 1.29 is 14.3 Å². The van der Waals surface area contributed by atoms with E-state index in [2.05, 4.69) is 70.8 Å². The molecule has 3 N–H and O–H groups in total. The minimum Gasteiger partial charge on any atom is -0.453 e. The molecule has 5 heterocycles. The maximum Gasteiger partial charge on any atom is 0.407 e. The molecule has 0 saturated heterocycles. The van der Waals surface area contributed by atoms with Gasteiger partial charge in [0.2, 0.25) is 0 Å². The molecule has 2 aliphatic heterocycles. The lowest BCUT2D eigenvalue weighted by Crippen LogP contribution is -2.59. The number of amides is 3. The van der Waals surface area contributed by atoms with Gasteiger partial charge in [-0.05, 0) is 63.4 Å². The van der Waals surface area contributed by atoms with E-state index in [0.717, 1.165) is 69.5 Å². The van der Waals surface area contributed by atoms with E-state index >= 15 is 0 Å². The summed E-state index contributed by atoms with van der Waals surface area (Å²) >= 11 is 0. The Morgan fingerprint density at radius 1 is 1.21 bits per heavy atom. The van der Waals surface area contributed by atoms with Gasteiger partial charge in [-0.3, -0.25) is 9.58 Å². The number of anilines is 1. The topological polar surface area (TPSA) is 120 Å². The normalized spacial score (nSPS) is 20.8. The number of nitrogens with one attached hydrogen (secondary N) is 3. The number of hydrogen-bond donors (Lipinski definition) is 3. The lowest BCUT2D eigenvalue weighted by Gasteiger charge is -2.45. The van der Waals surface area contributed by atoms with Gasteiger partial charge in [-0.25, -0.2) is 14.6 Å². The van der Waals surface area contributed by atoms with Crippen LogP contribution in [0.15, 0.2) is 36.7 Å². The summed E-state index contributed by atoms with van der Waals surface area (Å²) in [6.45, 7) is 6.53. The number of H-pyrrole nitrogens is 1. The number of carbonyl (C=O) groups excluding carboxylic acids is 2. The van der Waals surface area contributed by atoms with E-state index < -0.39 is 6.09 Å². The number of fused-ring (bicyclic) bond motifs is 4. The number of hydrogen-bond acceptors (Lipinski definition) is 6. The highest BCUT2D eigenvalue weighted by molar-refractivity contribution is 6.13. The van der Waals surface area contributed by atoms with Crippen molar-refractivity contribution in [1.82, 2.24) is 35.3 Å². The number of carbonyl (C=O) groups is 2. The summed E-state index contributed by atoms with van der Waals surface area (Å²) in [6.07, 6.45) is 7.85. The molecule has 1 fully saturated rings. The van der Waals surface area contributed by atoms with Gasteiger partial charge in [0.15, 0.2) is 0 Å². The third kappa shape index (κ3) is 4.30. The second kappa shape index (κ2) is 10.2. The lowest BCUT2D eigenvalue weighted by molar-refractivity contribution is 0.156. The second-order valence-corrected chi connectivity index (χ2v) is 11.9. The van der Waals surface area contributed by atoms with Gasteiger partial charge in [-0.2, -0.15) is 5.10 Å². The minimum absolute atomic E-state index is 0.0384. The second-order valence-electron chi connectivity index (χ2n) is 11.9. The molecule has 0 unspecified atom stereocenters. The van der Waals surface area contributed by atoms with Gasteiger partial charge in [0.1, 0.15) is 5.65 Å². The summed E-state index contributed by atoms with van der Waals surface area (Å²) in [5.74, 6) is 0. The minimum atomic E-state index is -0.450. The number of aromatic nitrogens is 4. The fourth-order valence-corrected chi connectivity index (χ4v) is 6.58. The molecule has 42 heavy (non-hydrogen) atoms. The van der Waals surface area contributed by atoms with E-state index in [1.54, 1.807) is 0 Å². The van der Waals surface area contributed by atoms with Crippen molar-refractivity contribution in [2.24, 2.45) is 0 Å². The van der Waals surface area contributed by atoms with Crippen molar-refractivity contribution >= 4 is 45.3 Å². The van der Waals surface area contributed by atoms with E-state index in [1.807, 2.05) is 22.0 Å². The zero-order valence-corrected chi connectivity index (χ0v) is 24.4. The van der Waals surface area contributed by atoms with Crippen molar-refractivity contribution in [3.8, 4) is 11.1 Å². The SMILES string of the molecule is COC(=O)NC1CC(N2C(=O)NCc3cnc4[nH]c(C5=CCN(C)CC5)c(-c5ccc6c(cnn6C(C)C)c5)c4c32)C1. The van der Waals surface area contributed by atoms with Crippen LogP contribution >= 0.6 is 0 Å². The molecule has 218 valence electrons. The molecule has 0 radical (unpaired) electrons. The van der Waals surface area contributed by atoms with E-state index in [4.69, 9.17) is 9.72 Å². The molecule has 1 aliphatic carbocycles. The highest BCUT2D eigenvalue weighted by Gasteiger charge is 2.42. The number of alkyl carbamates (subject to hydrolysis) is 1. The van der Waals surface area contributed by atoms with Gasteiger partial charge in [-0.15, -0.1) is 0 Å². The Morgan fingerprint density at radius 3 is 2.79 bits per heavy atom. The molecular weight excluding hydrogens is 532 g/mol. The van der Waals surface area contributed by atoms with Crippen LogP contribution in [-0.2, 0) is 11.3 Å². The van der Waals surface area contributed by atoms with Crippen LogP contribution in [0, 0.1) is 0 Å². The molecular formula is C31H36N8O3. The van der Waals surface area contributed by atoms with Gasteiger partial charge in [0.25, 0.3) is 0 Å². The number of urea groups is 1. The lowest BCUT2D eigenvalue weighted by atomic mass is 9.84. The predicted molar refractivity (Wildman–Crippen MR) is 162 cm³/mol. The Labute approximate surface area is 243 Å². The first-order valence-corrected chi connectivity index (χ1v) is 14.6. The molecule has 1 saturated carbocycles. The fourth-order valence-electron chi connectivity index (χ4n) is 6.58. The van der Waals surface area contributed by atoms with Gasteiger partial charge < -0.3 is 25.3 Å². The molecule has 3 aliphatic rings. The summed E-state index contributed by atoms with van der Waals surface area (Å²) in [7, 11) is 3.49. The zero-order valence-electron chi connectivity index (χ0n) is 24.4. The van der Waals surface area contributed by atoms with Crippen molar-refractivity contribution in [2.45, 2.75) is 57.8 Å². The Morgan fingerprint density at radius 2 is 2.05 bits per heavy atom. The monoisotopic (exact) mass is 568 g/mol. The third-order valence-corrected chi connectivity index (χ3v) is 8.85. The average Bonchev–Trinajstić information content (AvgIpc) is 3.57. The van der Waals surface area contributed by atoms with E-state index in [-0.39, 0.29) is 24.2 Å². The average molecular weight is 569 g/mol. The third-order valence-electron chi connectivity index (χ3n) is 8.85. The first-order chi connectivity index (χ1) is 20.3. The number of ether oxygens (including phenoxy) is 1. The molecule has 11 heteroatoms. The molecule has 4 aromatic rings. The first-order valence-electron chi connectivity index (χ1n) is 14.6. The summed E-state index contributed by atoms with van der Waals surface area (Å²) in [4.78, 5) is 38.0. The van der Waals surface area contributed by atoms with Crippen LogP contribution in [0.3, 0.4) is 0 Å². The summed E-state index contributed by atoms with van der Waals surface area (Å²) in [6, 6.07) is 6.54. The fraction of sp³-hybridized carbons (Fsp3) is 0.419. The van der Waals surface area contributed by atoms with Gasteiger partial charge >= 0.3 is 12.1 Å². The number of nitrogens with zero attached hydrogens (tertiary/aromatic N) is 5. The molecule has 3 amide bonds. The van der Waals surface area contributed by atoms with E-state index in [1.165, 1.54) is 12.7 Å². The Bertz CT molecular complexity index is 1750. The van der Waals surface area contributed by atoms with Crippen molar-refractivity contribution in [1.29, 1.82) is 0 Å². The summed E-state index contributed by atoms with van der Waals surface area (Å²) in [5, 5.41) is 12.6. The van der Waals surface area contributed by atoms with E-state index in [9.17, 15) is 9.59 Å². The molecule has 3 aromatic heterocycles. The first kappa shape index (κ1) is 26.5. The van der Waals surface area contributed by atoms with Crippen molar-refractivity contribution in [3.05, 3.63) is 47.9 Å². The van der Waals surface area contributed by atoms with Crippen LogP contribution in [0.5, 0.6) is 0 Å². The van der Waals surface area contributed by atoms with Gasteiger partial charge in [0.05, 0.1) is 35.6 Å². The quantitative estimate of drug-likeness (QED) is 0.318. The van der Waals surface area contributed by atoms with Crippen molar-refractivity contribution in [3.63, 3.8) is 0 Å². The van der Waals surface area contributed by atoms with Crippen LogP contribution in [0.1, 0.15) is 50.4 Å². The standard InChI is InChI=1S/C31H36N8O3/c1-17(2)39-24-6-5-19(11-20(24)16-34-39)25-26-28-21(14-32-29(26)36-27(25)18-7-9-37(3)10-8-18)15-33-30(40)38(28)23-12-22(13-23)35-31(41)42-4/h5-7,11,14,16-17,22-23H,8-10,12-13,15H2,1-4H3,(H,32,36)(H,33,40)(H,35,41). The molecule has 0 atom stereocenters. The summed E-state index contributed by atoms with van der Waals surface area (Å²) < 4.78 is 6.82. The Kier molecular flexibility index (Phi) is 6.41. The number of aromatic amines is 1. The van der Waals surface area contributed by atoms with Gasteiger partial charge in [-0.1, -0.05) is 12.1 Å². The molecule has 7 rings (SSSR count). The Hall–Kier alpha value is -4.38.